The highest BCUT2D eigenvalue weighted by atomic mass is 127. The molecular formula is C15H17IN4O. The first kappa shape index (κ1) is 15.7. The summed E-state index contributed by atoms with van der Waals surface area (Å²) in [4.78, 5) is 7.90. The number of halogens is 1. The zero-order chi connectivity index (χ0) is 15.1. The molecule has 2 aromatic rings. The maximum atomic E-state index is 5.50. The van der Waals surface area contributed by atoms with Gasteiger partial charge in [-0.05, 0) is 64.4 Å². The Hall–Kier alpha value is -1.67. The van der Waals surface area contributed by atoms with Gasteiger partial charge < -0.3 is 16.2 Å². The van der Waals surface area contributed by atoms with Crippen molar-refractivity contribution >= 4 is 39.8 Å². The lowest BCUT2D eigenvalue weighted by atomic mass is 10.0. The Morgan fingerprint density at radius 3 is 2.19 bits per heavy atom. The third-order valence-corrected chi connectivity index (χ3v) is 3.51. The van der Waals surface area contributed by atoms with Crippen molar-refractivity contribution in [2.24, 2.45) is 0 Å². The van der Waals surface area contributed by atoms with Crippen molar-refractivity contribution < 1.29 is 4.74 Å². The second-order valence-corrected chi connectivity index (χ2v) is 5.67. The van der Waals surface area contributed by atoms with Crippen molar-refractivity contribution in [3.05, 3.63) is 51.9 Å². The molecule has 4 N–H and O–H groups in total. The fraction of sp³-hybridized carbons (Fsp3) is 0.200. The molecule has 3 heterocycles. The molecule has 0 bridgehead atoms. The molecular weight excluding hydrogens is 379 g/mol. The van der Waals surface area contributed by atoms with Crippen molar-refractivity contribution in [1.29, 1.82) is 0 Å². The van der Waals surface area contributed by atoms with Gasteiger partial charge in [-0.3, -0.25) is 0 Å². The SMILES string of the molecule is Nc1ccc(C2=CCOCC2)cn1.Nc1ccc(I)cn1. The molecule has 110 valence electrons. The molecule has 21 heavy (non-hydrogen) atoms. The van der Waals surface area contributed by atoms with Gasteiger partial charge in [0.05, 0.1) is 13.2 Å². The van der Waals surface area contributed by atoms with E-state index in [0.717, 1.165) is 22.2 Å². The minimum Gasteiger partial charge on any atom is -0.384 e. The van der Waals surface area contributed by atoms with Crippen LogP contribution in [0, 0.1) is 3.57 Å². The van der Waals surface area contributed by atoms with E-state index in [1.54, 1.807) is 12.3 Å². The van der Waals surface area contributed by atoms with E-state index < -0.39 is 0 Å². The first-order chi connectivity index (χ1) is 10.1. The Balaban J connectivity index is 0.000000173. The van der Waals surface area contributed by atoms with Crippen LogP contribution in [0.1, 0.15) is 12.0 Å². The number of nitrogen functional groups attached to an aromatic ring is 2. The number of hydrogen-bond acceptors (Lipinski definition) is 5. The van der Waals surface area contributed by atoms with Gasteiger partial charge in [0.2, 0.25) is 0 Å². The Labute approximate surface area is 137 Å². The Morgan fingerprint density at radius 2 is 1.71 bits per heavy atom. The molecule has 1 aliphatic heterocycles. The van der Waals surface area contributed by atoms with Crippen molar-refractivity contribution in [3.63, 3.8) is 0 Å². The molecule has 3 rings (SSSR count). The van der Waals surface area contributed by atoms with Gasteiger partial charge in [0, 0.05) is 16.0 Å². The van der Waals surface area contributed by atoms with Gasteiger partial charge >= 0.3 is 0 Å². The van der Waals surface area contributed by atoms with E-state index in [4.69, 9.17) is 16.2 Å². The van der Waals surface area contributed by atoms with Crippen LogP contribution in [-0.4, -0.2) is 23.2 Å². The van der Waals surface area contributed by atoms with E-state index in [1.807, 2.05) is 24.4 Å². The zero-order valence-corrected chi connectivity index (χ0v) is 13.7. The first-order valence-corrected chi connectivity index (χ1v) is 7.59. The Morgan fingerprint density at radius 1 is 1.00 bits per heavy atom. The second kappa shape index (κ2) is 7.94. The molecule has 2 aromatic heterocycles. The summed E-state index contributed by atoms with van der Waals surface area (Å²) in [5.41, 5.74) is 13.3. The van der Waals surface area contributed by atoms with Crippen LogP contribution in [0.25, 0.3) is 5.57 Å². The van der Waals surface area contributed by atoms with E-state index >= 15 is 0 Å². The summed E-state index contributed by atoms with van der Waals surface area (Å²) >= 11 is 2.18. The molecule has 0 saturated carbocycles. The predicted octanol–water partition coefficient (Wildman–Crippen LogP) is 2.74. The number of nitrogens with two attached hydrogens (primary N) is 2. The largest absolute Gasteiger partial charge is 0.384 e. The summed E-state index contributed by atoms with van der Waals surface area (Å²) in [6.45, 7) is 1.51. The average molecular weight is 396 g/mol. The highest BCUT2D eigenvalue weighted by molar-refractivity contribution is 14.1. The monoisotopic (exact) mass is 396 g/mol. The van der Waals surface area contributed by atoms with E-state index in [0.29, 0.717) is 18.2 Å². The fourth-order valence-corrected chi connectivity index (χ4v) is 2.09. The van der Waals surface area contributed by atoms with Crippen molar-refractivity contribution in [1.82, 2.24) is 9.97 Å². The molecule has 0 fully saturated rings. The number of anilines is 2. The van der Waals surface area contributed by atoms with E-state index in [2.05, 4.69) is 38.6 Å². The molecule has 5 nitrogen and oxygen atoms in total. The molecule has 0 atom stereocenters. The van der Waals surface area contributed by atoms with Gasteiger partial charge in [0.25, 0.3) is 0 Å². The van der Waals surface area contributed by atoms with Crippen LogP contribution in [0.4, 0.5) is 11.6 Å². The number of nitrogens with zero attached hydrogens (tertiary/aromatic N) is 2. The number of pyridine rings is 2. The van der Waals surface area contributed by atoms with Crippen LogP contribution >= 0.6 is 22.6 Å². The van der Waals surface area contributed by atoms with E-state index in [-0.39, 0.29) is 0 Å². The van der Waals surface area contributed by atoms with Crippen molar-refractivity contribution in [2.75, 3.05) is 24.7 Å². The summed E-state index contributed by atoms with van der Waals surface area (Å²) in [6.07, 6.45) is 6.60. The van der Waals surface area contributed by atoms with Gasteiger partial charge in [0.1, 0.15) is 11.6 Å². The van der Waals surface area contributed by atoms with Gasteiger partial charge in [-0.2, -0.15) is 0 Å². The van der Waals surface area contributed by atoms with Crippen LogP contribution in [0.15, 0.2) is 42.7 Å². The molecule has 0 radical (unpaired) electrons. The van der Waals surface area contributed by atoms with E-state index in [1.165, 1.54) is 5.57 Å². The topological polar surface area (TPSA) is 87.0 Å². The molecule has 0 amide bonds. The second-order valence-electron chi connectivity index (χ2n) is 4.43. The molecule has 0 spiro atoms. The lowest BCUT2D eigenvalue weighted by molar-refractivity contribution is 0.161. The molecule has 0 saturated heterocycles. The number of aromatic nitrogens is 2. The lowest BCUT2D eigenvalue weighted by Crippen LogP contribution is -2.04. The van der Waals surface area contributed by atoms with Crippen molar-refractivity contribution in [3.8, 4) is 0 Å². The van der Waals surface area contributed by atoms with Crippen LogP contribution in [0.5, 0.6) is 0 Å². The highest BCUT2D eigenvalue weighted by Gasteiger charge is 2.05. The molecule has 0 aliphatic carbocycles. The summed E-state index contributed by atoms with van der Waals surface area (Å²) in [6, 6.07) is 7.52. The van der Waals surface area contributed by atoms with Crippen LogP contribution in [0.3, 0.4) is 0 Å². The highest BCUT2D eigenvalue weighted by Crippen LogP contribution is 2.20. The Kier molecular flexibility index (Phi) is 5.94. The molecule has 0 unspecified atom stereocenters. The van der Waals surface area contributed by atoms with Crippen LogP contribution in [0.2, 0.25) is 0 Å². The third-order valence-electron chi connectivity index (χ3n) is 2.87. The maximum Gasteiger partial charge on any atom is 0.123 e. The number of ether oxygens (including phenoxy) is 1. The van der Waals surface area contributed by atoms with E-state index in [9.17, 15) is 0 Å². The van der Waals surface area contributed by atoms with Gasteiger partial charge in [-0.1, -0.05) is 6.08 Å². The van der Waals surface area contributed by atoms with Crippen molar-refractivity contribution in [2.45, 2.75) is 6.42 Å². The third kappa shape index (κ3) is 5.31. The number of hydrogen-bond donors (Lipinski definition) is 2. The minimum atomic E-state index is 0.566. The van der Waals surface area contributed by atoms with Gasteiger partial charge in [-0.15, -0.1) is 0 Å². The smallest absolute Gasteiger partial charge is 0.123 e. The Bertz CT molecular complexity index is 575. The summed E-state index contributed by atoms with van der Waals surface area (Å²) in [7, 11) is 0. The zero-order valence-electron chi connectivity index (χ0n) is 11.5. The summed E-state index contributed by atoms with van der Waals surface area (Å²) in [5.74, 6) is 1.14. The summed E-state index contributed by atoms with van der Waals surface area (Å²) < 4.78 is 6.33. The molecule has 6 heteroatoms. The first-order valence-electron chi connectivity index (χ1n) is 6.51. The van der Waals surface area contributed by atoms with Gasteiger partial charge in [0.15, 0.2) is 0 Å². The quantitative estimate of drug-likeness (QED) is 0.724. The molecule has 1 aliphatic rings. The average Bonchev–Trinajstić information content (AvgIpc) is 2.52. The summed E-state index contributed by atoms with van der Waals surface area (Å²) in [5, 5.41) is 0. The van der Waals surface area contributed by atoms with Crippen LogP contribution in [-0.2, 0) is 4.74 Å². The van der Waals surface area contributed by atoms with Crippen LogP contribution < -0.4 is 11.5 Å². The minimum absolute atomic E-state index is 0.566. The lowest BCUT2D eigenvalue weighted by Gasteiger charge is -2.13. The standard InChI is InChI=1S/C10H12N2O.C5H5IN2/c11-10-2-1-9(7-12-10)8-3-5-13-6-4-8;6-4-1-2-5(7)8-3-4/h1-3,7H,4-6H2,(H2,11,12);1-3H,(H2,7,8). The predicted molar refractivity (Wildman–Crippen MR) is 93.4 cm³/mol. The number of rotatable bonds is 1. The molecule has 0 aromatic carbocycles. The fourth-order valence-electron chi connectivity index (χ4n) is 1.77. The normalized spacial score (nSPS) is 13.9. The maximum absolute atomic E-state index is 5.50. The van der Waals surface area contributed by atoms with Gasteiger partial charge in [-0.25, -0.2) is 9.97 Å².